The van der Waals surface area contributed by atoms with Crippen LogP contribution in [0.2, 0.25) is 0 Å². The highest BCUT2D eigenvalue weighted by Crippen LogP contribution is 2.39. The molecule has 0 saturated carbocycles. The number of hydrogen-bond donors (Lipinski definition) is 0. The van der Waals surface area contributed by atoms with Crippen LogP contribution in [0.3, 0.4) is 0 Å². The fourth-order valence-electron chi connectivity index (χ4n) is 4.18. The van der Waals surface area contributed by atoms with Gasteiger partial charge in [0.05, 0.1) is 12.2 Å². The fraction of sp³-hybridized carbons (Fsp3) is 0.667. The molecule has 2 aliphatic rings. The smallest absolute Gasteiger partial charge is 0.248 e. The van der Waals surface area contributed by atoms with E-state index in [2.05, 4.69) is 11.9 Å². The first kappa shape index (κ1) is 19.8. The third-order valence-electron chi connectivity index (χ3n) is 5.71. The predicted molar refractivity (Wildman–Crippen MR) is 103 cm³/mol. The lowest BCUT2D eigenvalue weighted by atomic mass is 9.73. The zero-order valence-electron chi connectivity index (χ0n) is 16.4. The summed E-state index contributed by atoms with van der Waals surface area (Å²) in [4.78, 5) is 33.2. The molecule has 0 bridgehead atoms. The molecule has 0 aliphatic carbocycles. The van der Waals surface area contributed by atoms with Crippen molar-refractivity contribution in [2.45, 2.75) is 52.0 Å². The molecule has 0 N–H and O–H groups in total. The zero-order chi connectivity index (χ0) is 19.1. The van der Waals surface area contributed by atoms with Crippen molar-refractivity contribution >= 4 is 11.8 Å². The van der Waals surface area contributed by atoms with Gasteiger partial charge in [0.25, 0.3) is 0 Å². The molecule has 1 spiro atoms. The quantitative estimate of drug-likeness (QED) is 0.689. The van der Waals surface area contributed by atoms with Crippen LogP contribution in [0.15, 0.2) is 24.4 Å². The number of nitrogens with zero attached hydrogens (tertiary/aromatic N) is 3. The van der Waals surface area contributed by atoms with Crippen LogP contribution in [0, 0.1) is 5.41 Å². The summed E-state index contributed by atoms with van der Waals surface area (Å²) >= 11 is 0. The van der Waals surface area contributed by atoms with Crippen molar-refractivity contribution in [2.24, 2.45) is 5.41 Å². The van der Waals surface area contributed by atoms with Crippen LogP contribution < -0.4 is 0 Å². The van der Waals surface area contributed by atoms with Crippen LogP contribution in [-0.2, 0) is 20.9 Å². The van der Waals surface area contributed by atoms with Crippen LogP contribution in [0.5, 0.6) is 0 Å². The van der Waals surface area contributed by atoms with E-state index < -0.39 is 0 Å². The average Bonchev–Trinajstić information content (AvgIpc) is 2.69. The molecular weight excluding hydrogens is 342 g/mol. The van der Waals surface area contributed by atoms with E-state index >= 15 is 0 Å². The van der Waals surface area contributed by atoms with Gasteiger partial charge in [0.2, 0.25) is 11.8 Å². The van der Waals surface area contributed by atoms with Crippen molar-refractivity contribution in [3.63, 3.8) is 0 Å². The molecule has 0 radical (unpaired) electrons. The number of ether oxygens (including phenoxy) is 1. The number of carbonyl (C=O) groups is 2. The SMILES string of the molecule is CCCCOCC(=O)N1CCCC2(CCC(=O)N(Cc3ccccn3)C2)C1. The van der Waals surface area contributed by atoms with Crippen LogP contribution in [0.4, 0.5) is 0 Å². The van der Waals surface area contributed by atoms with Crippen LogP contribution in [0.1, 0.15) is 51.1 Å². The van der Waals surface area contributed by atoms with Gasteiger partial charge in [-0.15, -0.1) is 0 Å². The van der Waals surface area contributed by atoms with Gasteiger partial charge in [-0.1, -0.05) is 19.4 Å². The topological polar surface area (TPSA) is 62.7 Å². The van der Waals surface area contributed by atoms with Crippen molar-refractivity contribution in [2.75, 3.05) is 32.8 Å². The second-order valence-electron chi connectivity index (χ2n) is 7.90. The van der Waals surface area contributed by atoms with Gasteiger partial charge in [-0.25, -0.2) is 0 Å². The Bertz CT molecular complexity index is 637. The van der Waals surface area contributed by atoms with Crippen LogP contribution >= 0.6 is 0 Å². The molecule has 6 heteroatoms. The summed E-state index contributed by atoms with van der Waals surface area (Å²) in [6.45, 7) is 5.72. The van der Waals surface area contributed by atoms with Crippen LogP contribution in [0.25, 0.3) is 0 Å². The minimum absolute atomic E-state index is 0.0139. The molecule has 1 aromatic rings. The van der Waals surface area contributed by atoms with E-state index in [1.165, 1.54) is 0 Å². The Kier molecular flexibility index (Phi) is 6.83. The molecule has 6 nitrogen and oxygen atoms in total. The monoisotopic (exact) mass is 373 g/mol. The number of rotatable bonds is 7. The summed E-state index contributed by atoms with van der Waals surface area (Å²) in [7, 11) is 0. The summed E-state index contributed by atoms with van der Waals surface area (Å²) in [6.07, 6.45) is 7.31. The van der Waals surface area contributed by atoms with Gasteiger partial charge in [-0.05, 0) is 37.8 Å². The van der Waals surface area contributed by atoms with E-state index in [1.54, 1.807) is 6.20 Å². The lowest BCUT2D eigenvalue weighted by Gasteiger charge is -2.48. The predicted octanol–water partition coefficient (Wildman–Crippen LogP) is 2.63. The summed E-state index contributed by atoms with van der Waals surface area (Å²) < 4.78 is 5.52. The molecule has 148 valence electrons. The van der Waals surface area contributed by atoms with Gasteiger partial charge in [0, 0.05) is 44.3 Å². The summed E-state index contributed by atoms with van der Waals surface area (Å²) in [5.74, 6) is 0.274. The maximum Gasteiger partial charge on any atom is 0.248 e. The van der Waals surface area contributed by atoms with Gasteiger partial charge in [0.1, 0.15) is 6.61 Å². The van der Waals surface area contributed by atoms with Crippen molar-refractivity contribution < 1.29 is 14.3 Å². The highest BCUT2D eigenvalue weighted by Gasteiger charge is 2.42. The van der Waals surface area contributed by atoms with Gasteiger partial charge in [-0.2, -0.15) is 0 Å². The Morgan fingerprint density at radius 3 is 2.96 bits per heavy atom. The summed E-state index contributed by atoms with van der Waals surface area (Å²) in [6, 6.07) is 5.79. The Morgan fingerprint density at radius 2 is 2.19 bits per heavy atom. The van der Waals surface area contributed by atoms with Gasteiger partial charge < -0.3 is 14.5 Å². The lowest BCUT2D eigenvalue weighted by Crippen LogP contribution is -2.55. The number of likely N-dealkylation sites (tertiary alicyclic amines) is 2. The third-order valence-corrected chi connectivity index (χ3v) is 5.71. The summed E-state index contributed by atoms with van der Waals surface area (Å²) in [5, 5.41) is 0. The molecule has 2 aliphatic heterocycles. The molecule has 2 saturated heterocycles. The maximum absolute atomic E-state index is 12.5. The molecule has 0 aromatic carbocycles. The number of amides is 2. The Morgan fingerprint density at radius 1 is 1.30 bits per heavy atom. The van der Waals surface area contributed by atoms with Crippen molar-refractivity contribution in [3.05, 3.63) is 30.1 Å². The molecule has 1 atom stereocenters. The van der Waals surface area contributed by atoms with Crippen molar-refractivity contribution in [1.29, 1.82) is 0 Å². The Balaban J connectivity index is 1.59. The second kappa shape index (κ2) is 9.31. The molecule has 1 aromatic heterocycles. The minimum Gasteiger partial charge on any atom is -0.372 e. The van der Waals surface area contributed by atoms with Crippen molar-refractivity contribution in [3.8, 4) is 0 Å². The second-order valence-corrected chi connectivity index (χ2v) is 7.90. The van der Waals surface area contributed by atoms with Gasteiger partial charge in [-0.3, -0.25) is 14.6 Å². The first-order valence-corrected chi connectivity index (χ1v) is 10.2. The van der Waals surface area contributed by atoms with E-state index in [-0.39, 0.29) is 23.8 Å². The van der Waals surface area contributed by atoms with E-state index in [0.717, 1.165) is 50.9 Å². The first-order chi connectivity index (χ1) is 13.1. The lowest BCUT2D eigenvalue weighted by molar-refractivity contribution is -0.146. The molecule has 3 rings (SSSR count). The molecule has 2 fully saturated rings. The van der Waals surface area contributed by atoms with Crippen LogP contribution in [-0.4, -0.2) is 59.4 Å². The highest BCUT2D eigenvalue weighted by atomic mass is 16.5. The zero-order valence-corrected chi connectivity index (χ0v) is 16.4. The molecule has 27 heavy (non-hydrogen) atoms. The molecule has 3 heterocycles. The van der Waals surface area contributed by atoms with E-state index in [1.807, 2.05) is 28.0 Å². The number of carbonyl (C=O) groups excluding carboxylic acids is 2. The number of aromatic nitrogens is 1. The van der Waals surface area contributed by atoms with Gasteiger partial charge >= 0.3 is 0 Å². The number of hydrogen-bond acceptors (Lipinski definition) is 4. The average molecular weight is 373 g/mol. The van der Waals surface area contributed by atoms with E-state index in [9.17, 15) is 9.59 Å². The number of unbranched alkanes of at least 4 members (excludes halogenated alkanes) is 1. The standard InChI is InChI=1S/C21H31N3O3/c1-2-3-13-27-15-20(26)23-12-6-9-21(16-23)10-8-19(25)24(17-21)14-18-7-4-5-11-22-18/h4-5,7,11H,2-3,6,8-10,12-17H2,1H3. The maximum atomic E-state index is 12.5. The Hall–Kier alpha value is -1.95. The molecule has 2 amide bonds. The largest absolute Gasteiger partial charge is 0.372 e. The fourth-order valence-corrected chi connectivity index (χ4v) is 4.18. The minimum atomic E-state index is 0.0139. The van der Waals surface area contributed by atoms with E-state index in [0.29, 0.717) is 26.1 Å². The van der Waals surface area contributed by atoms with Gasteiger partial charge in [0.15, 0.2) is 0 Å². The highest BCUT2D eigenvalue weighted by molar-refractivity contribution is 5.78. The van der Waals surface area contributed by atoms with Crippen molar-refractivity contribution in [1.82, 2.24) is 14.8 Å². The Labute approximate surface area is 161 Å². The third kappa shape index (κ3) is 5.28. The first-order valence-electron chi connectivity index (χ1n) is 10.2. The van der Waals surface area contributed by atoms with E-state index in [4.69, 9.17) is 4.74 Å². The number of piperidine rings is 2. The number of pyridine rings is 1. The molecule has 1 unspecified atom stereocenters. The normalized spacial score (nSPS) is 23.1. The summed E-state index contributed by atoms with van der Waals surface area (Å²) in [5.41, 5.74) is 0.927. The molecular formula is C21H31N3O3.